The summed E-state index contributed by atoms with van der Waals surface area (Å²) in [4.78, 5) is 12.3. The SMILES string of the molecule is CC(=O)C(Br)=CC(=CO)/C=C/Br. The van der Waals surface area contributed by atoms with Crippen molar-refractivity contribution in [2.24, 2.45) is 0 Å². The molecule has 12 heavy (non-hydrogen) atoms. The van der Waals surface area contributed by atoms with Gasteiger partial charge in [-0.1, -0.05) is 15.9 Å². The third kappa shape index (κ3) is 4.51. The molecule has 4 heteroatoms. The number of allylic oxidation sites excluding steroid dienone is 4. The third-order valence-corrected chi connectivity index (χ3v) is 2.09. The number of rotatable bonds is 3. The van der Waals surface area contributed by atoms with Crippen LogP contribution in [0.15, 0.2) is 33.5 Å². The number of hydrogen-bond donors (Lipinski definition) is 1. The molecular weight excluding hydrogens is 288 g/mol. The molecule has 0 rings (SSSR count). The molecule has 0 spiro atoms. The lowest BCUT2D eigenvalue weighted by Gasteiger charge is -1.92. The first kappa shape index (κ1) is 11.6. The van der Waals surface area contributed by atoms with E-state index in [1.807, 2.05) is 0 Å². The van der Waals surface area contributed by atoms with Crippen LogP contribution >= 0.6 is 31.9 Å². The molecule has 0 heterocycles. The summed E-state index contributed by atoms with van der Waals surface area (Å²) >= 11 is 6.12. The number of carbonyl (C=O) groups excluding carboxylic acids is 1. The first-order valence-corrected chi connectivity index (χ1v) is 4.82. The lowest BCUT2D eigenvalue weighted by atomic mass is 10.2. The number of hydrogen-bond acceptors (Lipinski definition) is 2. The Morgan fingerprint density at radius 3 is 2.42 bits per heavy atom. The Bertz CT molecular complexity index is 252. The lowest BCUT2D eigenvalue weighted by molar-refractivity contribution is -0.112. The predicted octanol–water partition coefficient (Wildman–Crippen LogP) is 3.20. The fraction of sp³-hybridized carbons (Fsp3) is 0.125. The Kier molecular flexibility index (Phi) is 6.02. The standard InChI is InChI=1S/C8H8Br2O2/c1-6(12)8(10)4-7(5-11)2-3-9/h2-5,11H,1H3/b3-2+,7-5?,8-4?. The van der Waals surface area contributed by atoms with Gasteiger partial charge in [-0.2, -0.15) is 0 Å². The first-order valence-electron chi connectivity index (χ1n) is 3.11. The molecular formula is C8H8Br2O2. The van der Waals surface area contributed by atoms with E-state index in [0.29, 0.717) is 10.1 Å². The smallest absolute Gasteiger partial charge is 0.166 e. The Balaban J connectivity index is 4.60. The molecule has 1 N–H and O–H groups in total. The van der Waals surface area contributed by atoms with Crippen molar-refractivity contribution in [2.45, 2.75) is 6.92 Å². The molecule has 0 aromatic heterocycles. The molecule has 66 valence electrons. The van der Waals surface area contributed by atoms with Crippen LogP contribution in [0.5, 0.6) is 0 Å². The second-order valence-corrected chi connectivity index (χ2v) is 3.35. The predicted molar refractivity (Wildman–Crippen MR) is 56.5 cm³/mol. The molecule has 0 atom stereocenters. The van der Waals surface area contributed by atoms with Gasteiger partial charge in [-0.05, 0) is 40.0 Å². The van der Waals surface area contributed by atoms with E-state index in [2.05, 4.69) is 31.9 Å². The van der Waals surface area contributed by atoms with Gasteiger partial charge in [0, 0.05) is 5.57 Å². The number of Topliss-reactive ketones (excluding diaryl/α,β-unsaturated/α-hetero) is 1. The monoisotopic (exact) mass is 294 g/mol. The summed E-state index contributed by atoms with van der Waals surface area (Å²) in [6, 6.07) is 0. The number of ketones is 1. The average Bonchev–Trinajstić information content (AvgIpc) is 2.03. The lowest BCUT2D eigenvalue weighted by Crippen LogP contribution is -1.88. The van der Waals surface area contributed by atoms with Gasteiger partial charge in [-0.15, -0.1) is 0 Å². The highest BCUT2D eigenvalue weighted by molar-refractivity contribution is 9.12. The van der Waals surface area contributed by atoms with Gasteiger partial charge in [0.15, 0.2) is 5.78 Å². The van der Waals surface area contributed by atoms with Crippen LogP contribution in [0, 0.1) is 0 Å². The number of aliphatic hydroxyl groups excluding tert-OH is 1. The van der Waals surface area contributed by atoms with Crippen molar-refractivity contribution in [3.8, 4) is 0 Å². The van der Waals surface area contributed by atoms with Crippen LogP contribution in [-0.4, -0.2) is 10.9 Å². The number of halogens is 2. The molecule has 0 amide bonds. The minimum atomic E-state index is -0.0858. The van der Waals surface area contributed by atoms with Crippen molar-refractivity contribution in [1.29, 1.82) is 0 Å². The minimum absolute atomic E-state index is 0.0858. The Morgan fingerprint density at radius 2 is 2.08 bits per heavy atom. The topological polar surface area (TPSA) is 37.3 Å². The normalized spacial score (nSPS) is 13.9. The largest absolute Gasteiger partial charge is 0.515 e. The molecule has 0 aliphatic carbocycles. The molecule has 0 aliphatic heterocycles. The summed E-state index contributed by atoms with van der Waals surface area (Å²) < 4.78 is 0.424. The van der Waals surface area contributed by atoms with Gasteiger partial charge < -0.3 is 5.11 Å². The van der Waals surface area contributed by atoms with E-state index in [0.717, 1.165) is 6.26 Å². The second kappa shape index (κ2) is 6.20. The molecule has 0 unspecified atom stereocenters. The van der Waals surface area contributed by atoms with Crippen LogP contribution < -0.4 is 0 Å². The average molecular weight is 296 g/mol. The maximum atomic E-state index is 10.7. The molecule has 0 radical (unpaired) electrons. The van der Waals surface area contributed by atoms with Crippen molar-refractivity contribution >= 4 is 37.6 Å². The summed E-state index contributed by atoms with van der Waals surface area (Å²) in [6.45, 7) is 1.44. The van der Waals surface area contributed by atoms with E-state index in [-0.39, 0.29) is 5.78 Å². The van der Waals surface area contributed by atoms with Gasteiger partial charge in [-0.3, -0.25) is 4.79 Å². The zero-order chi connectivity index (χ0) is 9.56. The van der Waals surface area contributed by atoms with Gasteiger partial charge in [0.1, 0.15) is 0 Å². The van der Waals surface area contributed by atoms with Crippen molar-refractivity contribution < 1.29 is 9.90 Å². The van der Waals surface area contributed by atoms with Crippen molar-refractivity contribution in [2.75, 3.05) is 0 Å². The maximum absolute atomic E-state index is 10.7. The van der Waals surface area contributed by atoms with Crippen LogP contribution in [-0.2, 0) is 4.79 Å². The Labute approximate surface area is 87.9 Å². The van der Waals surface area contributed by atoms with E-state index in [1.165, 1.54) is 13.0 Å². The van der Waals surface area contributed by atoms with Crippen molar-refractivity contribution in [3.05, 3.63) is 33.5 Å². The molecule has 0 aliphatic rings. The summed E-state index contributed by atoms with van der Waals surface area (Å²) in [5.74, 6) is -0.0858. The molecule has 2 nitrogen and oxygen atoms in total. The quantitative estimate of drug-likeness (QED) is 0.493. The summed E-state index contributed by atoms with van der Waals surface area (Å²) in [7, 11) is 0. The van der Waals surface area contributed by atoms with Gasteiger partial charge in [0.25, 0.3) is 0 Å². The van der Waals surface area contributed by atoms with Crippen LogP contribution in [0.25, 0.3) is 0 Å². The van der Waals surface area contributed by atoms with E-state index >= 15 is 0 Å². The van der Waals surface area contributed by atoms with E-state index in [9.17, 15) is 4.79 Å². The number of carbonyl (C=O) groups is 1. The van der Waals surface area contributed by atoms with Gasteiger partial charge in [0.2, 0.25) is 0 Å². The fourth-order valence-electron chi connectivity index (χ4n) is 0.449. The van der Waals surface area contributed by atoms with Crippen LogP contribution in [0.2, 0.25) is 0 Å². The van der Waals surface area contributed by atoms with Crippen LogP contribution in [0.1, 0.15) is 6.92 Å². The Hall–Kier alpha value is -0.350. The highest BCUT2D eigenvalue weighted by Crippen LogP contribution is 2.11. The highest BCUT2D eigenvalue weighted by atomic mass is 79.9. The molecule has 0 aromatic rings. The molecule has 0 aromatic carbocycles. The number of aliphatic hydroxyl groups is 1. The minimum Gasteiger partial charge on any atom is -0.515 e. The third-order valence-electron chi connectivity index (χ3n) is 1.03. The maximum Gasteiger partial charge on any atom is 0.166 e. The summed E-state index contributed by atoms with van der Waals surface area (Å²) in [5.41, 5.74) is 0.536. The van der Waals surface area contributed by atoms with E-state index < -0.39 is 0 Å². The van der Waals surface area contributed by atoms with Gasteiger partial charge in [0.05, 0.1) is 10.7 Å². The highest BCUT2D eigenvalue weighted by Gasteiger charge is 1.98. The molecule has 0 saturated carbocycles. The van der Waals surface area contributed by atoms with Crippen LogP contribution in [0.3, 0.4) is 0 Å². The Morgan fingerprint density at radius 1 is 1.50 bits per heavy atom. The van der Waals surface area contributed by atoms with Gasteiger partial charge >= 0.3 is 0 Å². The second-order valence-electron chi connectivity index (χ2n) is 1.97. The zero-order valence-electron chi connectivity index (χ0n) is 6.42. The zero-order valence-corrected chi connectivity index (χ0v) is 9.59. The molecule has 0 saturated heterocycles. The van der Waals surface area contributed by atoms with Crippen LogP contribution in [0.4, 0.5) is 0 Å². The van der Waals surface area contributed by atoms with E-state index in [4.69, 9.17) is 5.11 Å². The fourth-order valence-corrected chi connectivity index (χ4v) is 1.02. The van der Waals surface area contributed by atoms with Crippen molar-refractivity contribution in [1.82, 2.24) is 0 Å². The van der Waals surface area contributed by atoms with Gasteiger partial charge in [-0.25, -0.2) is 0 Å². The summed E-state index contributed by atoms with van der Waals surface area (Å²) in [6.07, 6.45) is 4.06. The molecule has 0 bridgehead atoms. The van der Waals surface area contributed by atoms with Crippen molar-refractivity contribution in [3.63, 3.8) is 0 Å². The molecule has 0 fully saturated rings. The van der Waals surface area contributed by atoms with E-state index in [1.54, 1.807) is 11.1 Å². The summed E-state index contributed by atoms with van der Waals surface area (Å²) in [5, 5.41) is 8.68. The first-order chi connectivity index (χ1) is 5.61.